The van der Waals surface area contributed by atoms with E-state index in [4.69, 9.17) is 44.4 Å². The Morgan fingerprint density at radius 3 is 1.18 bits per heavy atom. The normalized spacial score (nSPS) is 11.8. The van der Waals surface area contributed by atoms with Crippen molar-refractivity contribution in [1.29, 1.82) is 0 Å². The van der Waals surface area contributed by atoms with Crippen LogP contribution in [0.3, 0.4) is 0 Å². The minimum atomic E-state index is 0.482. The van der Waals surface area contributed by atoms with Gasteiger partial charge in [0.25, 0.3) is 0 Å². The molecule has 5 aromatic heterocycles. The van der Waals surface area contributed by atoms with Crippen LogP contribution in [-0.2, 0) is 58.8 Å². The number of fused-ring (bicyclic) bond motifs is 9. The molecule has 0 saturated carbocycles. The molecule has 0 fully saturated rings. The monoisotopic (exact) mass is 1570 g/mol. The summed E-state index contributed by atoms with van der Waals surface area (Å²) < 4.78 is 6.72. The molecule has 106 heavy (non-hydrogen) atoms. The van der Waals surface area contributed by atoms with E-state index < -0.39 is 0 Å². The molecule has 14 aromatic rings. The van der Waals surface area contributed by atoms with Gasteiger partial charge in [0.05, 0.1) is 38.3 Å². The number of pyridine rings is 3. The van der Waals surface area contributed by atoms with Crippen molar-refractivity contribution in [3.05, 3.63) is 299 Å². The highest BCUT2D eigenvalue weighted by Gasteiger charge is 2.33. The van der Waals surface area contributed by atoms with E-state index in [1.165, 1.54) is 71.8 Å². The molecule has 15 rings (SSSR count). The summed E-state index contributed by atoms with van der Waals surface area (Å²) in [6.07, 6.45) is 3.20. The molecule has 11 nitrogen and oxygen atoms in total. The molecule has 1 aliphatic heterocycles. The third-order valence-corrected chi connectivity index (χ3v) is 21.4. The molecule has 0 bridgehead atoms. The number of H-pyrrole nitrogens is 1. The summed E-state index contributed by atoms with van der Waals surface area (Å²) in [4.78, 5) is 34.9. The van der Waals surface area contributed by atoms with Gasteiger partial charge < -0.3 is 33.7 Å². The van der Waals surface area contributed by atoms with Gasteiger partial charge in [-0.2, -0.15) is 0 Å². The Morgan fingerprint density at radius 1 is 0.415 bits per heavy atom. The minimum absolute atomic E-state index is 0.482. The van der Waals surface area contributed by atoms with Crippen LogP contribution in [0.15, 0.2) is 260 Å². The lowest BCUT2D eigenvalue weighted by Crippen LogP contribution is -2.29. The Kier molecular flexibility index (Phi) is 26.9. The number of thioether (sulfide) groups is 1. The van der Waals surface area contributed by atoms with Gasteiger partial charge in [-0.05, 0) is 98.8 Å². The molecular formula is C91H98IN11S3. The topological polar surface area (TPSA) is 90.2 Å². The van der Waals surface area contributed by atoms with Crippen molar-refractivity contribution in [2.45, 2.75) is 132 Å². The SMILES string of the molecule is CC(C)CN1C(=S)Cc2c(N(Cc3ccccc3)Cc3ccccc3)nc3ccccc3c21.CC(C)Cn1c(=S)[nH]c2c(N(Cc3ccccc3)Cc3ccccc3)nc3ccccc3c21.CCCI.CCCSc1nc2c(N(Cc3ccccc3)Cc3ccccc3)nc3ccccc3c2n1CC(C)C. The smallest absolute Gasteiger partial charge is 0.178 e. The van der Waals surface area contributed by atoms with Crippen molar-refractivity contribution in [2.24, 2.45) is 17.8 Å². The molecule has 0 radical (unpaired) electrons. The lowest BCUT2D eigenvalue weighted by Gasteiger charge is -2.28. The van der Waals surface area contributed by atoms with Crippen LogP contribution in [-0.4, -0.2) is 55.8 Å². The van der Waals surface area contributed by atoms with Crippen molar-refractivity contribution in [1.82, 2.24) is 34.1 Å². The average molecular weight is 1570 g/mol. The van der Waals surface area contributed by atoms with E-state index in [-0.39, 0.29) is 0 Å². The number of halogens is 1. The van der Waals surface area contributed by atoms with Crippen LogP contribution in [0.2, 0.25) is 0 Å². The zero-order valence-electron chi connectivity index (χ0n) is 62.5. The first-order valence-electron chi connectivity index (χ1n) is 37.4. The quantitative estimate of drug-likeness (QED) is 0.0257. The first-order valence-corrected chi connectivity index (χ1v) is 40.8. The second-order valence-electron chi connectivity index (χ2n) is 28.5. The van der Waals surface area contributed by atoms with Gasteiger partial charge in [-0.15, -0.1) is 0 Å². The molecule has 0 saturated heterocycles. The molecule has 542 valence electrons. The van der Waals surface area contributed by atoms with Gasteiger partial charge >= 0.3 is 0 Å². The maximum atomic E-state index is 5.91. The van der Waals surface area contributed by atoms with Crippen molar-refractivity contribution in [3.63, 3.8) is 0 Å². The number of nitrogens with one attached hydrogen (secondary N) is 1. The Bertz CT molecular complexity index is 5080. The number of nitrogens with zero attached hydrogens (tertiary/aromatic N) is 10. The van der Waals surface area contributed by atoms with Crippen LogP contribution in [0.4, 0.5) is 23.1 Å². The fourth-order valence-electron chi connectivity index (χ4n) is 13.8. The lowest BCUT2D eigenvalue weighted by molar-refractivity contribution is 0.505. The van der Waals surface area contributed by atoms with Gasteiger partial charge in [-0.3, -0.25) is 0 Å². The predicted octanol–water partition coefficient (Wildman–Crippen LogP) is 23.7. The minimum Gasteiger partial charge on any atom is -0.348 e. The maximum Gasteiger partial charge on any atom is 0.178 e. The number of benzene rings is 9. The van der Waals surface area contributed by atoms with Crippen LogP contribution in [0, 0.1) is 22.5 Å². The molecule has 1 N–H and O–H groups in total. The zero-order valence-corrected chi connectivity index (χ0v) is 67.1. The van der Waals surface area contributed by atoms with Gasteiger partial charge in [0, 0.05) is 92.8 Å². The van der Waals surface area contributed by atoms with Crippen molar-refractivity contribution in [3.8, 4) is 0 Å². The van der Waals surface area contributed by atoms with E-state index in [0.717, 1.165) is 148 Å². The number of thiocarbonyl (C=S) groups is 1. The number of anilines is 4. The van der Waals surface area contributed by atoms with Crippen molar-refractivity contribution < 1.29 is 0 Å². The molecule has 0 atom stereocenters. The van der Waals surface area contributed by atoms with Gasteiger partial charge in [0.1, 0.15) is 16.9 Å². The van der Waals surface area contributed by atoms with E-state index in [0.29, 0.717) is 17.8 Å². The molecule has 0 amide bonds. The van der Waals surface area contributed by atoms with Crippen LogP contribution < -0.4 is 19.6 Å². The molecular weight excluding hydrogens is 1470 g/mol. The molecule has 0 unspecified atom stereocenters. The van der Waals surface area contributed by atoms with Gasteiger partial charge in [0.2, 0.25) is 0 Å². The van der Waals surface area contributed by atoms with Crippen LogP contribution in [0.25, 0.3) is 54.8 Å². The number of hydrogen-bond acceptors (Lipinski definition) is 10. The molecule has 0 aliphatic carbocycles. The standard InChI is InChI=1S/C31H34N4S.C29H29N3S.C28H28N4S.C3H7I/c1-4-19-36-31-33-28-29(35(31)20-23(2)3)26-17-11-12-18-27(26)32-30(28)34(21-24-13-7-5-8-14-24)22-25-15-9-6-10-16-25;1-21(2)18-32-27(33)17-25-28(32)24-15-9-10-16-26(24)30-29(25)31(19-22-11-5-3-6-12-22)20-23-13-7-4-8-14-23;1-20(2)17-32-26-23-15-9-10-16-24(23)29-27(25(26)30-28(32)33)31(18-21-11-5-3-6-12-21)19-22-13-7-4-8-14-22;1-2-3-4/h5-18,23H,4,19-22H2,1-3H3;3-16,21H,17-20H2,1-2H3;3-16,20H,17-19H2,1-2H3,(H,30,33);2-3H2,1H3. The first-order chi connectivity index (χ1) is 51.7. The summed E-state index contributed by atoms with van der Waals surface area (Å²) in [6, 6.07) is 89.2. The fourth-order valence-corrected chi connectivity index (χ4v) is 15.2. The third kappa shape index (κ3) is 19.1. The number of aromatic amines is 1. The van der Waals surface area contributed by atoms with E-state index >= 15 is 0 Å². The molecule has 9 aromatic carbocycles. The van der Waals surface area contributed by atoms with Gasteiger partial charge in [-0.25, -0.2) is 19.9 Å². The zero-order chi connectivity index (χ0) is 73.9. The van der Waals surface area contributed by atoms with Crippen LogP contribution in [0.5, 0.6) is 0 Å². The highest BCUT2D eigenvalue weighted by molar-refractivity contribution is 14.1. The predicted molar refractivity (Wildman–Crippen MR) is 466 cm³/mol. The summed E-state index contributed by atoms with van der Waals surface area (Å²) in [5.74, 6) is 5.51. The van der Waals surface area contributed by atoms with Crippen LogP contribution >= 0.6 is 58.8 Å². The van der Waals surface area contributed by atoms with E-state index in [1.54, 1.807) is 0 Å². The average Bonchev–Trinajstić information content (AvgIpc) is 1.58. The first kappa shape index (κ1) is 76.4. The highest BCUT2D eigenvalue weighted by Crippen LogP contribution is 2.43. The van der Waals surface area contributed by atoms with Crippen molar-refractivity contribution >= 4 is 142 Å². The summed E-state index contributed by atoms with van der Waals surface area (Å²) >= 11 is 15.9. The van der Waals surface area contributed by atoms with E-state index in [2.05, 4.69) is 366 Å². The lowest BCUT2D eigenvalue weighted by atomic mass is 10.1. The van der Waals surface area contributed by atoms with Crippen molar-refractivity contribution in [2.75, 3.05) is 36.3 Å². The maximum absolute atomic E-state index is 5.91. The molecule has 0 spiro atoms. The number of alkyl halides is 1. The van der Waals surface area contributed by atoms with E-state index in [1.807, 2.05) is 11.8 Å². The summed E-state index contributed by atoms with van der Waals surface area (Å²) in [6.45, 7) is 25.3. The summed E-state index contributed by atoms with van der Waals surface area (Å²) in [5, 5.41) is 4.59. The highest BCUT2D eigenvalue weighted by atomic mass is 127. The van der Waals surface area contributed by atoms with Gasteiger partial charge in [-0.1, -0.05) is 339 Å². The molecule has 6 heterocycles. The molecule has 15 heteroatoms. The Balaban J connectivity index is 0.000000145. The van der Waals surface area contributed by atoms with Gasteiger partial charge in [0.15, 0.2) is 21.6 Å². The third-order valence-electron chi connectivity index (χ3n) is 18.4. The second-order valence-corrected chi connectivity index (χ2v) is 31.5. The fraction of sp³-hybridized carbons (Fsp3) is 0.275. The number of aromatic nitrogens is 7. The summed E-state index contributed by atoms with van der Waals surface area (Å²) in [5.41, 5.74) is 17.4. The number of rotatable bonds is 25. The number of imidazole rings is 2. The van der Waals surface area contributed by atoms with Crippen LogP contribution in [0.1, 0.15) is 107 Å². The number of para-hydroxylation sites is 3. The molecule has 1 aliphatic rings. The summed E-state index contributed by atoms with van der Waals surface area (Å²) in [7, 11) is 0. The number of hydrogen-bond donors (Lipinski definition) is 1. The second kappa shape index (κ2) is 37.3. The Hall–Kier alpha value is -9.26. The van der Waals surface area contributed by atoms with E-state index in [9.17, 15) is 0 Å². The Labute approximate surface area is 655 Å². The Morgan fingerprint density at radius 2 is 0.764 bits per heavy atom. The largest absolute Gasteiger partial charge is 0.348 e.